The topological polar surface area (TPSA) is 111 Å². The number of aromatic amines is 1. The minimum atomic E-state index is -1.10. The van der Waals surface area contributed by atoms with Gasteiger partial charge in [0.15, 0.2) is 0 Å². The molecule has 1 aliphatic heterocycles. The monoisotopic (exact) mass is 315 g/mol. The second-order valence-corrected chi connectivity index (χ2v) is 5.62. The van der Waals surface area contributed by atoms with Gasteiger partial charge in [-0.25, -0.2) is 4.79 Å². The first-order chi connectivity index (χ1) is 11.0. The number of aliphatic carboxylic acids is 1. The molecule has 1 aromatic carbocycles. The first-order valence-corrected chi connectivity index (χ1v) is 7.42. The van der Waals surface area contributed by atoms with Crippen molar-refractivity contribution in [1.82, 2.24) is 15.6 Å². The van der Waals surface area contributed by atoms with Gasteiger partial charge in [0, 0.05) is 29.9 Å². The lowest BCUT2D eigenvalue weighted by Gasteiger charge is -2.17. The maximum atomic E-state index is 12.1. The average molecular weight is 315 g/mol. The highest BCUT2D eigenvalue weighted by Gasteiger charge is 2.30. The molecule has 1 unspecified atom stereocenters. The van der Waals surface area contributed by atoms with Crippen molar-refractivity contribution in [2.45, 2.75) is 31.3 Å². The predicted molar refractivity (Wildman–Crippen MR) is 82.7 cm³/mol. The Bertz CT molecular complexity index is 768. The first-order valence-electron chi connectivity index (χ1n) is 7.42. The van der Waals surface area contributed by atoms with Gasteiger partial charge < -0.3 is 20.7 Å². The van der Waals surface area contributed by atoms with Gasteiger partial charge in [0.25, 0.3) is 0 Å². The van der Waals surface area contributed by atoms with E-state index in [1.54, 1.807) is 6.20 Å². The second kappa shape index (κ2) is 6.12. The number of nitrogens with one attached hydrogen (secondary N) is 3. The van der Waals surface area contributed by atoms with Crippen molar-refractivity contribution in [1.29, 1.82) is 0 Å². The van der Waals surface area contributed by atoms with Crippen LogP contribution in [0.3, 0.4) is 0 Å². The fourth-order valence-corrected chi connectivity index (χ4v) is 2.80. The van der Waals surface area contributed by atoms with E-state index in [9.17, 15) is 19.5 Å². The normalized spacial score (nSPS) is 18.6. The second-order valence-electron chi connectivity index (χ2n) is 5.62. The summed E-state index contributed by atoms with van der Waals surface area (Å²) in [7, 11) is 0. The molecule has 1 aromatic heterocycles. The van der Waals surface area contributed by atoms with Gasteiger partial charge in [-0.15, -0.1) is 0 Å². The number of H-pyrrole nitrogens is 1. The van der Waals surface area contributed by atoms with E-state index in [1.165, 1.54) is 0 Å². The minimum Gasteiger partial charge on any atom is -0.480 e. The van der Waals surface area contributed by atoms with Crippen LogP contribution in [0.4, 0.5) is 0 Å². The smallest absolute Gasteiger partial charge is 0.326 e. The lowest BCUT2D eigenvalue weighted by Crippen LogP contribution is -2.49. The predicted octanol–water partition coefficient (Wildman–Crippen LogP) is 0.558. The van der Waals surface area contributed by atoms with E-state index in [4.69, 9.17) is 0 Å². The van der Waals surface area contributed by atoms with E-state index < -0.39 is 24.0 Å². The maximum absolute atomic E-state index is 12.1. The molecule has 4 N–H and O–H groups in total. The van der Waals surface area contributed by atoms with Crippen LogP contribution in [-0.2, 0) is 20.8 Å². The molecule has 120 valence electrons. The molecule has 0 radical (unpaired) electrons. The van der Waals surface area contributed by atoms with Crippen LogP contribution in [0.1, 0.15) is 18.4 Å². The zero-order valence-corrected chi connectivity index (χ0v) is 12.3. The van der Waals surface area contributed by atoms with Crippen LogP contribution in [0.25, 0.3) is 10.9 Å². The third-order valence-corrected chi connectivity index (χ3v) is 4.03. The van der Waals surface area contributed by atoms with Crippen molar-refractivity contribution in [3.63, 3.8) is 0 Å². The Morgan fingerprint density at radius 2 is 2.13 bits per heavy atom. The number of carbonyl (C=O) groups is 3. The summed E-state index contributed by atoms with van der Waals surface area (Å²) in [5.41, 5.74) is 1.74. The molecule has 7 heteroatoms. The van der Waals surface area contributed by atoms with E-state index in [-0.39, 0.29) is 18.7 Å². The fraction of sp³-hybridized carbons (Fsp3) is 0.312. The minimum absolute atomic E-state index is 0.172. The maximum Gasteiger partial charge on any atom is 0.326 e. The number of hydrogen-bond donors (Lipinski definition) is 4. The summed E-state index contributed by atoms with van der Waals surface area (Å²) in [6, 6.07) is 5.89. The number of fused-ring (bicyclic) bond motifs is 1. The van der Waals surface area contributed by atoms with Crippen molar-refractivity contribution < 1.29 is 19.5 Å². The Balaban J connectivity index is 1.73. The highest BCUT2D eigenvalue weighted by Crippen LogP contribution is 2.19. The third-order valence-electron chi connectivity index (χ3n) is 4.03. The summed E-state index contributed by atoms with van der Waals surface area (Å²) in [6.07, 6.45) is 2.61. The molecule has 1 fully saturated rings. The van der Waals surface area contributed by atoms with E-state index in [0.717, 1.165) is 16.5 Å². The Morgan fingerprint density at radius 1 is 1.35 bits per heavy atom. The molecule has 2 atom stereocenters. The van der Waals surface area contributed by atoms with Crippen molar-refractivity contribution >= 4 is 28.7 Å². The molecular formula is C16H17N3O4. The average Bonchev–Trinajstić information content (AvgIpc) is 3.13. The molecule has 0 saturated carbocycles. The van der Waals surface area contributed by atoms with Crippen LogP contribution in [0.5, 0.6) is 0 Å². The third kappa shape index (κ3) is 3.18. The summed E-state index contributed by atoms with van der Waals surface area (Å²) in [5, 5.41) is 15.4. The molecule has 0 bridgehead atoms. The molecule has 2 amide bonds. The Kier molecular flexibility index (Phi) is 4.01. The van der Waals surface area contributed by atoms with Crippen LogP contribution in [-0.4, -0.2) is 40.0 Å². The van der Waals surface area contributed by atoms with Crippen LogP contribution in [0, 0.1) is 0 Å². The molecule has 0 spiro atoms. The highest BCUT2D eigenvalue weighted by atomic mass is 16.4. The van der Waals surface area contributed by atoms with Crippen LogP contribution in [0.15, 0.2) is 30.5 Å². The Hall–Kier alpha value is -2.83. The number of carboxylic acid groups (broad SMARTS) is 1. The summed E-state index contributed by atoms with van der Waals surface area (Å²) in [4.78, 5) is 37.8. The van der Waals surface area contributed by atoms with E-state index in [1.807, 2.05) is 24.3 Å². The molecular weight excluding hydrogens is 298 g/mol. The zero-order chi connectivity index (χ0) is 16.4. The zero-order valence-electron chi connectivity index (χ0n) is 12.3. The van der Waals surface area contributed by atoms with Gasteiger partial charge in [-0.3, -0.25) is 9.59 Å². The highest BCUT2D eigenvalue weighted by molar-refractivity contribution is 5.93. The summed E-state index contributed by atoms with van der Waals surface area (Å²) < 4.78 is 0. The van der Waals surface area contributed by atoms with Crippen molar-refractivity contribution in [3.8, 4) is 0 Å². The number of hydrogen-bond acceptors (Lipinski definition) is 3. The lowest BCUT2D eigenvalue weighted by molar-refractivity contribution is -0.142. The van der Waals surface area contributed by atoms with Gasteiger partial charge in [0.1, 0.15) is 12.1 Å². The number of benzene rings is 1. The largest absolute Gasteiger partial charge is 0.480 e. The number of aromatic nitrogens is 1. The van der Waals surface area contributed by atoms with Gasteiger partial charge in [0.05, 0.1) is 0 Å². The summed E-state index contributed by atoms with van der Waals surface area (Å²) >= 11 is 0. The van der Waals surface area contributed by atoms with Gasteiger partial charge in [-0.1, -0.05) is 18.2 Å². The lowest BCUT2D eigenvalue weighted by atomic mass is 10.0. The molecule has 1 aliphatic rings. The summed E-state index contributed by atoms with van der Waals surface area (Å²) in [5.74, 6) is -1.75. The number of amides is 2. The first kappa shape index (κ1) is 15.1. The fourth-order valence-electron chi connectivity index (χ4n) is 2.80. The summed E-state index contributed by atoms with van der Waals surface area (Å²) in [6.45, 7) is 0. The van der Waals surface area contributed by atoms with Crippen LogP contribution < -0.4 is 10.6 Å². The number of carboxylic acids is 1. The van der Waals surface area contributed by atoms with Crippen molar-refractivity contribution in [2.75, 3.05) is 0 Å². The molecule has 7 nitrogen and oxygen atoms in total. The Labute approximate surface area is 132 Å². The molecule has 2 heterocycles. The molecule has 3 rings (SSSR count). The van der Waals surface area contributed by atoms with Crippen LogP contribution >= 0.6 is 0 Å². The molecule has 0 aliphatic carbocycles. The standard InChI is InChI=1S/C16H17N3O4/c20-14-6-5-12(18-14)15(21)19-13(16(22)23)7-9-8-17-11-4-2-1-3-10(9)11/h1-4,8,12-13,17H,5-7H2,(H,18,20)(H,19,21)(H,22,23)/t12-,13?/m0/s1. The quantitative estimate of drug-likeness (QED) is 0.646. The van der Waals surface area contributed by atoms with Gasteiger partial charge in [-0.05, 0) is 18.1 Å². The van der Waals surface area contributed by atoms with Gasteiger partial charge in [0.2, 0.25) is 11.8 Å². The van der Waals surface area contributed by atoms with E-state index in [0.29, 0.717) is 6.42 Å². The van der Waals surface area contributed by atoms with E-state index in [2.05, 4.69) is 15.6 Å². The van der Waals surface area contributed by atoms with Crippen LogP contribution in [0.2, 0.25) is 0 Å². The number of carbonyl (C=O) groups excluding carboxylic acids is 2. The van der Waals surface area contributed by atoms with Gasteiger partial charge in [-0.2, -0.15) is 0 Å². The Morgan fingerprint density at radius 3 is 2.83 bits per heavy atom. The number of rotatable bonds is 5. The molecule has 2 aromatic rings. The molecule has 1 saturated heterocycles. The molecule has 23 heavy (non-hydrogen) atoms. The van der Waals surface area contributed by atoms with Crippen molar-refractivity contribution in [2.24, 2.45) is 0 Å². The van der Waals surface area contributed by atoms with Gasteiger partial charge >= 0.3 is 5.97 Å². The SMILES string of the molecule is O=C1CC[C@@H](C(=O)NC(Cc2c[nH]c3ccccc23)C(=O)O)N1. The van der Waals surface area contributed by atoms with E-state index >= 15 is 0 Å². The van der Waals surface area contributed by atoms with Crippen molar-refractivity contribution in [3.05, 3.63) is 36.0 Å². The number of para-hydroxylation sites is 1.